The first-order valence-electron chi connectivity index (χ1n) is 7.14. The van der Waals surface area contributed by atoms with Crippen LogP contribution in [0.15, 0.2) is 12.1 Å². The van der Waals surface area contributed by atoms with Gasteiger partial charge in [-0.2, -0.15) is 0 Å². The second-order valence-corrected chi connectivity index (χ2v) is 5.29. The Morgan fingerprint density at radius 2 is 1.91 bits per heavy atom. The summed E-state index contributed by atoms with van der Waals surface area (Å²) in [5, 5.41) is 6.81. The molecule has 1 aliphatic rings. The van der Waals surface area contributed by atoms with Gasteiger partial charge in [0.25, 0.3) is 0 Å². The third kappa shape index (κ3) is 4.14. The van der Waals surface area contributed by atoms with Crippen molar-refractivity contribution in [2.24, 2.45) is 0 Å². The van der Waals surface area contributed by atoms with E-state index < -0.39 is 0 Å². The monoisotopic (exact) mass is 326 g/mol. The van der Waals surface area contributed by atoms with Crippen molar-refractivity contribution in [3.8, 4) is 17.2 Å². The van der Waals surface area contributed by atoms with E-state index in [2.05, 4.69) is 10.6 Å². The molecule has 1 heterocycles. The Labute approximate surface area is 136 Å². The van der Waals surface area contributed by atoms with Crippen molar-refractivity contribution in [1.82, 2.24) is 5.32 Å². The van der Waals surface area contributed by atoms with Crippen LogP contribution < -0.4 is 24.8 Å². The van der Waals surface area contributed by atoms with E-state index in [0.717, 1.165) is 25.1 Å². The van der Waals surface area contributed by atoms with Crippen LogP contribution in [0.25, 0.3) is 0 Å². The highest BCUT2D eigenvalue weighted by Crippen LogP contribution is 2.39. The molecule has 0 spiro atoms. The summed E-state index contributed by atoms with van der Waals surface area (Å²) in [7, 11) is 4.73. The van der Waals surface area contributed by atoms with Gasteiger partial charge in [-0.25, -0.2) is 0 Å². The lowest BCUT2D eigenvalue weighted by Gasteiger charge is -2.17. The standard InChI is InChI=1S/C15H22N2O4S/c1-18-12-7-10(8-13(19-2)14(12)20-3)17-15(22)16-9-11-5-4-6-21-11/h7-8,11H,4-6,9H2,1-3H3,(H2,16,17,22). The highest BCUT2D eigenvalue weighted by atomic mass is 32.1. The SMILES string of the molecule is COc1cc(NC(=S)NCC2CCCO2)cc(OC)c1OC. The predicted octanol–water partition coefficient (Wildman–Crippen LogP) is 2.18. The zero-order valence-electron chi connectivity index (χ0n) is 13.1. The molecule has 22 heavy (non-hydrogen) atoms. The zero-order valence-corrected chi connectivity index (χ0v) is 13.9. The third-order valence-corrected chi connectivity index (χ3v) is 3.68. The first kappa shape index (κ1) is 16.6. The molecular weight excluding hydrogens is 304 g/mol. The summed E-state index contributed by atoms with van der Waals surface area (Å²) in [6, 6.07) is 3.61. The van der Waals surface area contributed by atoms with Crippen LogP contribution in [0.2, 0.25) is 0 Å². The summed E-state index contributed by atoms with van der Waals surface area (Å²) in [6.45, 7) is 1.54. The molecule has 2 N–H and O–H groups in total. The van der Waals surface area contributed by atoms with Crippen molar-refractivity contribution in [3.05, 3.63) is 12.1 Å². The molecule has 1 atom stereocenters. The van der Waals surface area contributed by atoms with Crippen molar-refractivity contribution in [2.75, 3.05) is 39.8 Å². The van der Waals surface area contributed by atoms with Crippen LogP contribution in [0.1, 0.15) is 12.8 Å². The van der Waals surface area contributed by atoms with Gasteiger partial charge in [0.15, 0.2) is 16.6 Å². The van der Waals surface area contributed by atoms with Gasteiger partial charge in [0.05, 0.1) is 27.4 Å². The molecule has 1 aromatic carbocycles. The lowest BCUT2D eigenvalue weighted by molar-refractivity contribution is 0.114. The highest BCUT2D eigenvalue weighted by Gasteiger charge is 2.16. The van der Waals surface area contributed by atoms with Crippen molar-refractivity contribution in [1.29, 1.82) is 0 Å². The quantitative estimate of drug-likeness (QED) is 0.777. The second kappa shape index (κ2) is 8.05. The molecule has 1 aliphatic heterocycles. The first-order valence-corrected chi connectivity index (χ1v) is 7.55. The van der Waals surface area contributed by atoms with E-state index in [9.17, 15) is 0 Å². The van der Waals surface area contributed by atoms with Crippen LogP contribution in [0.4, 0.5) is 5.69 Å². The van der Waals surface area contributed by atoms with Crippen LogP contribution in [-0.2, 0) is 4.74 Å². The van der Waals surface area contributed by atoms with Gasteiger partial charge in [-0.1, -0.05) is 0 Å². The Bertz CT molecular complexity index is 493. The molecule has 0 radical (unpaired) electrons. The van der Waals surface area contributed by atoms with Crippen molar-refractivity contribution in [3.63, 3.8) is 0 Å². The molecule has 0 bridgehead atoms. The summed E-state index contributed by atoms with van der Waals surface area (Å²) >= 11 is 5.30. The maximum atomic E-state index is 5.55. The lowest BCUT2D eigenvalue weighted by Crippen LogP contribution is -2.34. The summed E-state index contributed by atoms with van der Waals surface area (Å²) in [4.78, 5) is 0. The lowest BCUT2D eigenvalue weighted by atomic mass is 10.2. The van der Waals surface area contributed by atoms with Gasteiger partial charge >= 0.3 is 0 Å². The maximum absolute atomic E-state index is 5.55. The van der Waals surface area contributed by atoms with E-state index in [-0.39, 0.29) is 6.10 Å². The zero-order chi connectivity index (χ0) is 15.9. The second-order valence-electron chi connectivity index (χ2n) is 4.88. The fourth-order valence-corrected chi connectivity index (χ4v) is 2.54. The first-order chi connectivity index (χ1) is 10.7. The van der Waals surface area contributed by atoms with Crippen LogP contribution >= 0.6 is 12.2 Å². The number of ether oxygens (including phenoxy) is 4. The predicted molar refractivity (Wildman–Crippen MR) is 89.3 cm³/mol. The number of anilines is 1. The van der Waals surface area contributed by atoms with E-state index in [1.807, 2.05) is 0 Å². The smallest absolute Gasteiger partial charge is 0.203 e. The Morgan fingerprint density at radius 1 is 1.23 bits per heavy atom. The molecule has 0 amide bonds. The molecule has 6 nitrogen and oxygen atoms in total. The van der Waals surface area contributed by atoms with E-state index >= 15 is 0 Å². The van der Waals surface area contributed by atoms with E-state index in [0.29, 0.717) is 28.9 Å². The molecular formula is C15H22N2O4S. The van der Waals surface area contributed by atoms with Gasteiger partial charge in [-0.15, -0.1) is 0 Å². The van der Waals surface area contributed by atoms with E-state index in [1.165, 1.54) is 0 Å². The minimum absolute atomic E-state index is 0.236. The number of nitrogens with one attached hydrogen (secondary N) is 2. The van der Waals surface area contributed by atoms with Crippen molar-refractivity contribution < 1.29 is 18.9 Å². The number of hydrogen-bond acceptors (Lipinski definition) is 5. The van der Waals surface area contributed by atoms with Gasteiger partial charge in [0, 0.05) is 31.0 Å². The Kier molecular flexibility index (Phi) is 6.09. The Balaban J connectivity index is 2.00. The topological polar surface area (TPSA) is 61.0 Å². The van der Waals surface area contributed by atoms with Crippen molar-refractivity contribution in [2.45, 2.75) is 18.9 Å². The van der Waals surface area contributed by atoms with Gasteiger partial charge < -0.3 is 29.6 Å². The normalized spacial score (nSPS) is 17.0. The highest BCUT2D eigenvalue weighted by molar-refractivity contribution is 7.80. The van der Waals surface area contributed by atoms with E-state index in [4.69, 9.17) is 31.2 Å². The van der Waals surface area contributed by atoms with Crippen LogP contribution in [0, 0.1) is 0 Å². The Hall–Kier alpha value is -1.73. The molecule has 7 heteroatoms. The molecule has 1 unspecified atom stereocenters. The van der Waals surface area contributed by atoms with Crippen LogP contribution in [0.5, 0.6) is 17.2 Å². The third-order valence-electron chi connectivity index (χ3n) is 3.44. The van der Waals surface area contributed by atoms with Crippen LogP contribution in [0.3, 0.4) is 0 Å². The Morgan fingerprint density at radius 3 is 2.41 bits per heavy atom. The average Bonchev–Trinajstić information content (AvgIpc) is 3.05. The molecule has 0 saturated carbocycles. The molecule has 1 fully saturated rings. The molecule has 122 valence electrons. The number of methoxy groups -OCH3 is 3. The molecule has 1 aromatic rings. The molecule has 1 saturated heterocycles. The minimum Gasteiger partial charge on any atom is -0.493 e. The summed E-state index contributed by atoms with van der Waals surface area (Å²) in [5.41, 5.74) is 0.763. The average molecular weight is 326 g/mol. The largest absolute Gasteiger partial charge is 0.493 e. The number of thiocarbonyl (C=S) groups is 1. The fraction of sp³-hybridized carbons (Fsp3) is 0.533. The van der Waals surface area contributed by atoms with Crippen molar-refractivity contribution >= 4 is 23.0 Å². The summed E-state index contributed by atoms with van der Waals surface area (Å²) < 4.78 is 21.5. The summed E-state index contributed by atoms with van der Waals surface area (Å²) in [6.07, 6.45) is 2.42. The molecule has 0 aliphatic carbocycles. The van der Waals surface area contributed by atoms with Gasteiger partial charge in [0.1, 0.15) is 0 Å². The van der Waals surface area contributed by atoms with Crippen LogP contribution in [-0.4, -0.2) is 45.7 Å². The number of benzene rings is 1. The summed E-state index contributed by atoms with van der Waals surface area (Å²) in [5.74, 6) is 1.70. The van der Waals surface area contributed by atoms with E-state index in [1.54, 1.807) is 33.5 Å². The van der Waals surface area contributed by atoms with Gasteiger partial charge in [0.2, 0.25) is 5.75 Å². The van der Waals surface area contributed by atoms with Gasteiger partial charge in [-0.3, -0.25) is 0 Å². The number of hydrogen-bond donors (Lipinski definition) is 2. The fourth-order valence-electron chi connectivity index (χ4n) is 2.34. The molecule has 2 rings (SSSR count). The molecule has 0 aromatic heterocycles. The minimum atomic E-state index is 0.236. The number of rotatable bonds is 6. The maximum Gasteiger partial charge on any atom is 0.203 e. The van der Waals surface area contributed by atoms with Gasteiger partial charge in [-0.05, 0) is 25.1 Å².